The third kappa shape index (κ3) is 3.98. The Kier molecular flexibility index (Phi) is 5.78. The highest BCUT2D eigenvalue weighted by molar-refractivity contribution is 6.21. The van der Waals surface area contributed by atoms with Crippen LogP contribution in [0.4, 0.5) is 11.4 Å². The summed E-state index contributed by atoms with van der Waals surface area (Å²) >= 11 is 0. The maximum atomic E-state index is 9.47. The average Bonchev–Trinajstić information content (AvgIpc) is 2.94. The predicted molar refractivity (Wildman–Crippen MR) is 157 cm³/mol. The second kappa shape index (κ2) is 9.26. The van der Waals surface area contributed by atoms with Crippen molar-refractivity contribution in [1.29, 1.82) is 5.26 Å². The highest BCUT2D eigenvalue weighted by Gasteiger charge is 2.21. The molecule has 0 bridgehead atoms. The minimum atomic E-state index is -0.0748. The van der Waals surface area contributed by atoms with E-state index in [2.05, 4.69) is 129 Å². The molecule has 0 radical (unpaired) electrons. The molecule has 0 aliphatic heterocycles. The highest BCUT2D eigenvalue weighted by atomic mass is 15.1. The molecule has 0 N–H and O–H groups in total. The van der Waals surface area contributed by atoms with Crippen LogP contribution in [0, 0.1) is 24.2 Å². The molecule has 5 aromatic rings. The van der Waals surface area contributed by atoms with E-state index in [4.69, 9.17) is 0 Å². The number of allylic oxidation sites excluding steroid dienone is 3. The zero-order valence-corrected chi connectivity index (χ0v) is 21.6. The average molecular weight is 479 g/mol. The van der Waals surface area contributed by atoms with Crippen LogP contribution >= 0.6 is 0 Å². The minimum absolute atomic E-state index is 0.0748. The molecule has 6 rings (SSSR count). The van der Waals surface area contributed by atoms with Gasteiger partial charge in [0.15, 0.2) is 0 Å². The van der Waals surface area contributed by atoms with E-state index in [0.29, 0.717) is 5.92 Å². The van der Waals surface area contributed by atoms with Gasteiger partial charge in [0.25, 0.3) is 0 Å². The molecule has 0 heterocycles. The second-order valence-corrected chi connectivity index (χ2v) is 10.3. The van der Waals surface area contributed by atoms with Gasteiger partial charge in [-0.05, 0) is 81.6 Å². The van der Waals surface area contributed by atoms with Crippen molar-refractivity contribution in [3.8, 4) is 6.07 Å². The maximum absolute atomic E-state index is 9.47. The molecule has 1 aliphatic rings. The SMILES string of the molecule is Cc1cc2c3ccccc3c(N(C3=CCC(C#N)C=C3)c3ccc(C(C)C)cc3)cc2c2ccccc12. The standard InChI is InChI=1S/C35H30N2/c1-23(2)26-14-18-28(19-15-26)37(27-16-12-25(22-36)13-17-27)35-21-34-30-9-5-4-8-29(30)24(3)20-33(34)31-10-6-7-11-32(31)35/h4-12,14-21,23,25H,13H2,1-3H3. The molecule has 0 saturated carbocycles. The van der Waals surface area contributed by atoms with Crippen LogP contribution in [0.25, 0.3) is 32.3 Å². The summed E-state index contributed by atoms with van der Waals surface area (Å²) in [5.74, 6) is 0.401. The summed E-state index contributed by atoms with van der Waals surface area (Å²) in [6, 6.07) is 33.5. The smallest absolute Gasteiger partial charge is 0.0700 e. The Hall–Kier alpha value is -4.35. The van der Waals surface area contributed by atoms with Crippen LogP contribution in [0.2, 0.25) is 0 Å². The maximum Gasteiger partial charge on any atom is 0.0700 e. The highest BCUT2D eigenvalue weighted by Crippen LogP contribution is 2.43. The Balaban J connectivity index is 1.67. The number of fused-ring (bicyclic) bond motifs is 5. The first kappa shape index (κ1) is 23.1. The summed E-state index contributed by atoms with van der Waals surface area (Å²) in [6.45, 7) is 6.66. The van der Waals surface area contributed by atoms with Crippen LogP contribution in [0.3, 0.4) is 0 Å². The van der Waals surface area contributed by atoms with Crippen molar-refractivity contribution in [3.63, 3.8) is 0 Å². The molecule has 0 amide bonds. The number of nitrogens with zero attached hydrogens (tertiary/aromatic N) is 2. The van der Waals surface area contributed by atoms with E-state index in [9.17, 15) is 5.26 Å². The molecule has 0 fully saturated rings. The van der Waals surface area contributed by atoms with Crippen molar-refractivity contribution in [2.45, 2.75) is 33.1 Å². The van der Waals surface area contributed by atoms with Crippen LogP contribution in [0.5, 0.6) is 0 Å². The largest absolute Gasteiger partial charge is 0.310 e. The molecule has 180 valence electrons. The normalized spacial score (nSPS) is 15.3. The Morgan fingerprint density at radius 1 is 0.784 bits per heavy atom. The van der Waals surface area contributed by atoms with Crippen molar-refractivity contribution < 1.29 is 0 Å². The van der Waals surface area contributed by atoms with E-state index >= 15 is 0 Å². The molecular weight excluding hydrogens is 448 g/mol. The van der Waals surface area contributed by atoms with Gasteiger partial charge in [0.2, 0.25) is 0 Å². The Bertz CT molecular complexity index is 1750. The van der Waals surface area contributed by atoms with E-state index in [0.717, 1.165) is 23.5 Å². The Morgan fingerprint density at radius 3 is 2.03 bits per heavy atom. The third-order valence-electron chi connectivity index (χ3n) is 7.63. The number of aryl methyl sites for hydroxylation is 1. The minimum Gasteiger partial charge on any atom is -0.310 e. The zero-order valence-electron chi connectivity index (χ0n) is 21.6. The van der Waals surface area contributed by atoms with Gasteiger partial charge in [0.1, 0.15) is 0 Å². The molecule has 1 aliphatic carbocycles. The first-order valence-electron chi connectivity index (χ1n) is 13.1. The van der Waals surface area contributed by atoms with Gasteiger partial charge in [-0.2, -0.15) is 5.26 Å². The summed E-state index contributed by atoms with van der Waals surface area (Å²) in [5, 5.41) is 17.0. The van der Waals surface area contributed by atoms with Crippen LogP contribution in [-0.4, -0.2) is 0 Å². The second-order valence-electron chi connectivity index (χ2n) is 10.3. The lowest BCUT2D eigenvalue weighted by Crippen LogP contribution is -2.18. The van der Waals surface area contributed by atoms with Gasteiger partial charge in [-0.25, -0.2) is 0 Å². The first-order valence-corrected chi connectivity index (χ1v) is 13.1. The van der Waals surface area contributed by atoms with Crippen molar-refractivity contribution in [2.24, 2.45) is 5.92 Å². The molecule has 1 unspecified atom stereocenters. The van der Waals surface area contributed by atoms with Gasteiger partial charge >= 0.3 is 0 Å². The summed E-state index contributed by atoms with van der Waals surface area (Å²) in [4.78, 5) is 2.37. The van der Waals surface area contributed by atoms with Gasteiger partial charge < -0.3 is 4.90 Å². The fraction of sp³-hybridized carbons (Fsp3) is 0.171. The van der Waals surface area contributed by atoms with Gasteiger partial charge in [0, 0.05) is 16.8 Å². The molecular formula is C35H30N2. The van der Waals surface area contributed by atoms with Gasteiger partial charge in [-0.1, -0.05) is 92.7 Å². The van der Waals surface area contributed by atoms with Gasteiger partial charge in [-0.15, -0.1) is 0 Å². The zero-order chi connectivity index (χ0) is 25.5. The number of benzene rings is 5. The van der Waals surface area contributed by atoms with E-state index in [1.54, 1.807) is 0 Å². The number of rotatable bonds is 4. The van der Waals surface area contributed by atoms with Crippen LogP contribution < -0.4 is 4.90 Å². The quantitative estimate of drug-likeness (QED) is 0.240. The lowest BCUT2D eigenvalue weighted by atomic mass is 9.92. The molecule has 0 aromatic heterocycles. The van der Waals surface area contributed by atoms with Gasteiger partial charge in [0.05, 0.1) is 17.7 Å². The van der Waals surface area contributed by atoms with E-state index < -0.39 is 0 Å². The fourth-order valence-electron chi connectivity index (χ4n) is 5.60. The summed E-state index contributed by atoms with van der Waals surface area (Å²) in [6.07, 6.45) is 7.07. The summed E-state index contributed by atoms with van der Waals surface area (Å²) < 4.78 is 0. The van der Waals surface area contributed by atoms with Crippen molar-refractivity contribution >= 4 is 43.7 Å². The van der Waals surface area contributed by atoms with Crippen LogP contribution in [-0.2, 0) is 0 Å². The lowest BCUT2D eigenvalue weighted by molar-refractivity contribution is 0.824. The van der Waals surface area contributed by atoms with E-state index in [1.165, 1.54) is 43.4 Å². The molecule has 5 aromatic carbocycles. The van der Waals surface area contributed by atoms with Crippen LogP contribution in [0.15, 0.2) is 109 Å². The topological polar surface area (TPSA) is 27.0 Å². The van der Waals surface area contributed by atoms with E-state index in [-0.39, 0.29) is 5.92 Å². The molecule has 1 atom stereocenters. The molecule has 2 nitrogen and oxygen atoms in total. The Labute approximate surface area is 218 Å². The lowest BCUT2D eigenvalue weighted by Gasteiger charge is -2.30. The third-order valence-corrected chi connectivity index (χ3v) is 7.63. The van der Waals surface area contributed by atoms with Crippen molar-refractivity contribution in [3.05, 3.63) is 120 Å². The van der Waals surface area contributed by atoms with E-state index in [1.807, 2.05) is 6.08 Å². The first-order chi connectivity index (χ1) is 18.0. The summed E-state index contributed by atoms with van der Waals surface area (Å²) in [5.41, 5.74) is 6.00. The van der Waals surface area contributed by atoms with Crippen molar-refractivity contribution in [2.75, 3.05) is 4.90 Å². The molecule has 2 heteroatoms. The number of anilines is 2. The monoisotopic (exact) mass is 478 g/mol. The predicted octanol–water partition coefficient (Wildman–Crippen LogP) is 9.70. The Morgan fingerprint density at radius 2 is 1.41 bits per heavy atom. The number of hydrogen-bond acceptors (Lipinski definition) is 2. The molecule has 37 heavy (non-hydrogen) atoms. The van der Waals surface area contributed by atoms with Crippen LogP contribution in [0.1, 0.15) is 37.3 Å². The molecule has 0 spiro atoms. The number of hydrogen-bond donors (Lipinski definition) is 0. The summed E-state index contributed by atoms with van der Waals surface area (Å²) in [7, 11) is 0. The number of nitriles is 1. The van der Waals surface area contributed by atoms with Crippen molar-refractivity contribution in [1.82, 2.24) is 0 Å². The fourth-order valence-corrected chi connectivity index (χ4v) is 5.60. The molecule has 0 saturated heterocycles. The van der Waals surface area contributed by atoms with Gasteiger partial charge in [-0.3, -0.25) is 0 Å².